The van der Waals surface area contributed by atoms with Crippen molar-refractivity contribution in [3.05, 3.63) is 44.3 Å². The summed E-state index contributed by atoms with van der Waals surface area (Å²) in [4.78, 5) is 12.2. The third kappa shape index (κ3) is 3.57. The number of methoxy groups -OCH3 is 1. The summed E-state index contributed by atoms with van der Waals surface area (Å²) in [6, 6.07) is 6.46. The Bertz CT molecular complexity index is 870. The Kier molecular flexibility index (Phi) is 5.14. The average Bonchev–Trinajstić information content (AvgIpc) is 3.09. The Balaban J connectivity index is 1.75. The van der Waals surface area contributed by atoms with Gasteiger partial charge in [0.1, 0.15) is 0 Å². The van der Waals surface area contributed by atoms with Crippen LogP contribution in [0.15, 0.2) is 38.3 Å². The molecule has 1 aliphatic rings. The molecule has 2 aromatic rings. The summed E-state index contributed by atoms with van der Waals surface area (Å²) in [6.45, 7) is 0.143. The van der Waals surface area contributed by atoms with E-state index in [1.54, 1.807) is 24.3 Å². The van der Waals surface area contributed by atoms with Crippen molar-refractivity contribution in [3.8, 4) is 23.0 Å². The van der Waals surface area contributed by atoms with E-state index in [-0.39, 0.29) is 18.3 Å². The molecule has 1 aliphatic heterocycles. The summed E-state index contributed by atoms with van der Waals surface area (Å²) in [5.41, 5.74) is 3.43. The number of hydrogen-bond donors (Lipinski definition) is 2. The number of ether oxygens (including phenoxy) is 3. The van der Waals surface area contributed by atoms with E-state index in [0.29, 0.717) is 31.6 Å². The second-order valence-corrected chi connectivity index (χ2v) is 6.50. The molecule has 0 saturated heterocycles. The van der Waals surface area contributed by atoms with E-state index in [4.69, 9.17) is 14.2 Å². The highest BCUT2D eigenvalue weighted by atomic mass is 79.9. The summed E-state index contributed by atoms with van der Waals surface area (Å²) in [5, 5.41) is 13.8. The van der Waals surface area contributed by atoms with Crippen molar-refractivity contribution in [3.63, 3.8) is 0 Å². The molecule has 9 heteroatoms. The maximum absolute atomic E-state index is 12.2. The first-order chi connectivity index (χ1) is 12.0. The number of nitrogens with zero attached hydrogens (tertiary/aromatic N) is 1. The van der Waals surface area contributed by atoms with Crippen molar-refractivity contribution in [1.82, 2.24) is 5.43 Å². The topological polar surface area (TPSA) is 89.4 Å². The summed E-state index contributed by atoms with van der Waals surface area (Å²) in [7, 11) is 1.44. The molecule has 0 aliphatic carbocycles. The highest BCUT2D eigenvalue weighted by molar-refractivity contribution is 9.13. The van der Waals surface area contributed by atoms with Gasteiger partial charge < -0.3 is 19.3 Å². The molecule has 0 atom stereocenters. The van der Waals surface area contributed by atoms with Gasteiger partial charge >= 0.3 is 0 Å². The van der Waals surface area contributed by atoms with E-state index in [2.05, 4.69) is 42.4 Å². The van der Waals surface area contributed by atoms with Gasteiger partial charge in [-0.05, 0) is 56.1 Å². The van der Waals surface area contributed by atoms with Gasteiger partial charge in [-0.3, -0.25) is 4.79 Å². The van der Waals surface area contributed by atoms with Gasteiger partial charge in [0.15, 0.2) is 23.0 Å². The lowest BCUT2D eigenvalue weighted by Crippen LogP contribution is -2.17. The number of rotatable bonds is 4. The van der Waals surface area contributed by atoms with Crippen LogP contribution >= 0.6 is 31.9 Å². The zero-order valence-electron chi connectivity index (χ0n) is 12.9. The molecule has 1 heterocycles. The summed E-state index contributed by atoms with van der Waals surface area (Å²) < 4.78 is 16.5. The van der Waals surface area contributed by atoms with Crippen molar-refractivity contribution < 1.29 is 24.1 Å². The molecule has 0 spiro atoms. The number of nitrogens with one attached hydrogen (secondary N) is 1. The predicted molar refractivity (Wildman–Crippen MR) is 97.7 cm³/mol. The van der Waals surface area contributed by atoms with E-state index in [1.807, 2.05) is 0 Å². The number of benzene rings is 2. The van der Waals surface area contributed by atoms with E-state index >= 15 is 0 Å². The first-order valence-corrected chi connectivity index (χ1v) is 8.58. The normalized spacial score (nSPS) is 12.4. The largest absolute Gasteiger partial charge is 0.503 e. The Labute approximate surface area is 159 Å². The molecule has 2 aromatic carbocycles. The first-order valence-electron chi connectivity index (χ1n) is 6.99. The lowest BCUT2D eigenvalue weighted by atomic mass is 10.2. The van der Waals surface area contributed by atoms with Crippen LogP contribution in [0.1, 0.15) is 15.9 Å². The molecule has 25 heavy (non-hydrogen) atoms. The van der Waals surface area contributed by atoms with Gasteiger partial charge in [0.2, 0.25) is 6.79 Å². The fourth-order valence-electron chi connectivity index (χ4n) is 2.12. The van der Waals surface area contributed by atoms with E-state index < -0.39 is 5.91 Å². The Morgan fingerprint density at radius 2 is 2.04 bits per heavy atom. The minimum Gasteiger partial charge on any atom is -0.503 e. The molecule has 7 nitrogen and oxygen atoms in total. The van der Waals surface area contributed by atoms with Crippen LogP contribution in [-0.2, 0) is 0 Å². The Hall–Kier alpha value is -2.26. The molecule has 0 fully saturated rings. The molecule has 2 N–H and O–H groups in total. The summed E-state index contributed by atoms with van der Waals surface area (Å²) in [6.07, 6.45) is 1.43. The maximum atomic E-state index is 12.2. The van der Waals surface area contributed by atoms with Crippen LogP contribution in [0, 0.1) is 0 Å². The quantitative estimate of drug-likeness (QED) is 0.526. The number of fused-ring (bicyclic) bond motifs is 1. The van der Waals surface area contributed by atoms with Gasteiger partial charge in [0, 0.05) is 15.6 Å². The van der Waals surface area contributed by atoms with Crippen LogP contribution in [0.3, 0.4) is 0 Å². The van der Waals surface area contributed by atoms with Crippen molar-refractivity contribution in [2.24, 2.45) is 5.10 Å². The number of amides is 1. The average molecular weight is 472 g/mol. The van der Waals surface area contributed by atoms with Crippen LogP contribution < -0.4 is 19.6 Å². The number of hydrogen-bond acceptors (Lipinski definition) is 6. The molecule has 3 rings (SSSR count). The maximum Gasteiger partial charge on any atom is 0.271 e. The zero-order chi connectivity index (χ0) is 18.0. The number of phenolic OH excluding ortho intramolecular Hbond substituents is 1. The van der Waals surface area contributed by atoms with Crippen LogP contribution in [0.25, 0.3) is 0 Å². The fraction of sp³-hybridized carbons (Fsp3) is 0.125. The van der Waals surface area contributed by atoms with E-state index in [9.17, 15) is 9.90 Å². The number of carbonyl (C=O) groups excluding carboxylic acids is 1. The lowest BCUT2D eigenvalue weighted by molar-refractivity contribution is 0.0954. The van der Waals surface area contributed by atoms with Gasteiger partial charge in [-0.15, -0.1) is 0 Å². The van der Waals surface area contributed by atoms with Gasteiger partial charge in [-0.1, -0.05) is 0 Å². The monoisotopic (exact) mass is 470 g/mol. The van der Waals surface area contributed by atoms with Gasteiger partial charge in [-0.2, -0.15) is 5.10 Å². The van der Waals surface area contributed by atoms with Crippen LogP contribution in [0.4, 0.5) is 0 Å². The molecular formula is C16H12Br2N2O5. The first kappa shape index (κ1) is 17.6. The number of halogens is 2. The van der Waals surface area contributed by atoms with Crippen LogP contribution in [0.2, 0.25) is 0 Å². The second kappa shape index (κ2) is 7.32. The van der Waals surface area contributed by atoms with Crippen molar-refractivity contribution in [1.29, 1.82) is 0 Å². The minimum atomic E-state index is -0.393. The molecule has 0 saturated carbocycles. The number of phenols is 1. The van der Waals surface area contributed by atoms with Crippen molar-refractivity contribution in [2.45, 2.75) is 0 Å². The highest BCUT2D eigenvalue weighted by Crippen LogP contribution is 2.41. The highest BCUT2D eigenvalue weighted by Gasteiger charge is 2.16. The van der Waals surface area contributed by atoms with E-state index in [1.165, 1.54) is 13.3 Å². The smallest absolute Gasteiger partial charge is 0.271 e. The van der Waals surface area contributed by atoms with Crippen LogP contribution in [0.5, 0.6) is 23.0 Å². The zero-order valence-corrected chi connectivity index (χ0v) is 16.0. The standard InChI is InChI=1S/C16H12Br2N2O5/c1-23-12-5-9(13(17)14(18)15(12)21)6-19-20-16(22)8-2-3-10-11(4-8)25-7-24-10/h2-6,21H,7H2,1H3,(H,20,22)/b19-6+. The van der Waals surface area contributed by atoms with Gasteiger partial charge in [0.25, 0.3) is 5.91 Å². The SMILES string of the molecule is COc1cc(/C=N/NC(=O)c2ccc3c(c2)OCO3)c(Br)c(Br)c1O. The van der Waals surface area contributed by atoms with Gasteiger partial charge in [-0.25, -0.2) is 5.43 Å². The van der Waals surface area contributed by atoms with Crippen LogP contribution in [-0.4, -0.2) is 31.1 Å². The molecule has 0 unspecified atom stereocenters. The summed E-state index contributed by atoms with van der Waals surface area (Å²) >= 11 is 6.60. The lowest BCUT2D eigenvalue weighted by Gasteiger charge is -2.09. The number of carbonyl (C=O) groups is 1. The summed E-state index contributed by atoms with van der Waals surface area (Å²) in [5.74, 6) is 0.974. The molecule has 1 amide bonds. The molecular weight excluding hydrogens is 460 g/mol. The molecule has 0 aromatic heterocycles. The molecule has 0 radical (unpaired) electrons. The van der Waals surface area contributed by atoms with Crippen molar-refractivity contribution in [2.75, 3.05) is 13.9 Å². The van der Waals surface area contributed by atoms with Crippen molar-refractivity contribution >= 4 is 44.0 Å². The second-order valence-electron chi connectivity index (χ2n) is 4.91. The minimum absolute atomic E-state index is 0.0316. The molecule has 130 valence electrons. The number of aromatic hydroxyl groups is 1. The fourth-order valence-corrected chi connectivity index (χ4v) is 2.95. The Morgan fingerprint density at radius 1 is 1.28 bits per heavy atom. The Morgan fingerprint density at radius 3 is 2.80 bits per heavy atom. The van der Waals surface area contributed by atoms with E-state index in [0.717, 1.165) is 0 Å². The third-order valence-corrected chi connectivity index (χ3v) is 5.56. The third-order valence-electron chi connectivity index (χ3n) is 3.40. The number of hydrazone groups is 1. The van der Waals surface area contributed by atoms with Gasteiger partial charge in [0.05, 0.1) is 17.8 Å². The molecule has 0 bridgehead atoms. The predicted octanol–water partition coefficient (Wildman–Crippen LogP) is 3.42.